The molecule has 1 aliphatic rings. The van der Waals surface area contributed by atoms with E-state index in [1.165, 1.54) is 26.1 Å². The largest absolute Gasteiger partial charge is 0.304 e. The summed E-state index contributed by atoms with van der Waals surface area (Å²) >= 11 is 0. The normalized spacial score (nSPS) is 15.5. The van der Waals surface area contributed by atoms with Crippen LogP contribution in [0.25, 0.3) is 0 Å². The van der Waals surface area contributed by atoms with Gasteiger partial charge in [-0.1, -0.05) is 6.92 Å². The van der Waals surface area contributed by atoms with Gasteiger partial charge in [-0.2, -0.15) is 0 Å². The molecule has 0 aromatic heterocycles. The Balaban J connectivity index is 0.000000180. The van der Waals surface area contributed by atoms with E-state index in [9.17, 15) is 0 Å². The van der Waals surface area contributed by atoms with Gasteiger partial charge in [0.1, 0.15) is 0 Å². The SMILES string of the molecule is CC#CC.CCN1CCC1. The van der Waals surface area contributed by atoms with Crippen molar-refractivity contribution in [2.75, 3.05) is 19.6 Å². The van der Waals surface area contributed by atoms with Gasteiger partial charge in [0.05, 0.1) is 0 Å². The van der Waals surface area contributed by atoms with Crippen LogP contribution in [0.1, 0.15) is 27.2 Å². The minimum absolute atomic E-state index is 1.25. The first-order valence-corrected chi connectivity index (χ1v) is 3.91. The molecule has 0 N–H and O–H groups in total. The van der Waals surface area contributed by atoms with Gasteiger partial charge in [0.15, 0.2) is 0 Å². The second kappa shape index (κ2) is 6.64. The number of hydrogen-bond acceptors (Lipinski definition) is 1. The summed E-state index contributed by atoms with van der Waals surface area (Å²) < 4.78 is 0. The molecule has 0 saturated carbocycles. The van der Waals surface area contributed by atoms with Crippen molar-refractivity contribution in [3.8, 4) is 11.8 Å². The molecule has 10 heavy (non-hydrogen) atoms. The van der Waals surface area contributed by atoms with Gasteiger partial charge >= 0.3 is 0 Å². The quantitative estimate of drug-likeness (QED) is 0.500. The van der Waals surface area contributed by atoms with Gasteiger partial charge in [-0.25, -0.2) is 0 Å². The standard InChI is InChI=1S/C5H11N.C4H6/c1-2-6-4-3-5-6;1-3-4-2/h2-5H2,1H3;1-2H3. The molecule has 0 aliphatic carbocycles. The fraction of sp³-hybridized carbons (Fsp3) is 0.778. The third-order valence-electron chi connectivity index (χ3n) is 1.65. The van der Waals surface area contributed by atoms with Crippen molar-refractivity contribution in [3.63, 3.8) is 0 Å². The molecule has 0 spiro atoms. The molecule has 0 aromatic carbocycles. The zero-order valence-electron chi connectivity index (χ0n) is 7.28. The maximum Gasteiger partial charge on any atom is -0.000665 e. The summed E-state index contributed by atoms with van der Waals surface area (Å²) in [5, 5.41) is 0. The molecule has 1 nitrogen and oxygen atoms in total. The Bertz CT molecular complexity index is 106. The van der Waals surface area contributed by atoms with Crippen molar-refractivity contribution < 1.29 is 0 Å². The van der Waals surface area contributed by atoms with Crippen LogP contribution >= 0.6 is 0 Å². The van der Waals surface area contributed by atoms with Gasteiger partial charge in [-0.05, 0) is 39.9 Å². The molecule has 1 rings (SSSR count). The van der Waals surface area contributed by atoms with E-state index in [0.29, 0.717) is 0 Å². The number of hydrogen-bond donors (Lipinski definition) is 0. The summed E-state index contributed by atoms with van der Waals surface area (Å²) in [4.78, 5) is 2.43. The molecule has 1 saturated heterocycles. The Morgan fingerprint density at radius 2 is 1.70 bits per heavy atom. The third kappa shape index (κ3) is 4.40. The molecule has 0 aromatic rings. The summed E-state index contributed by atoms with van der Waals surface area (Å²) in [7, 11) is 0. The fourth-order valence-corrected chi connectivity index (χ4v) is 0.698. The van der Waals surface area contributed by atoms with E-state index in [-0.39, 0.29) is 0 Å². The lowest BCUT2D eigenvalue weighted by atomic mass is 10.2. The predicted molar refractivity (Wildman–Crippen MR) is 45.9 cm³/mol. The second-order valence-corrected chi connectivity index (χ2v) is 2.29. The topological polar surface area (TPSA) is 3.24 Å². The highest BCUT2D eigenvalue weighted by atomic mass is 15.2. The lowest BCUT2D eigenvalue weighted by molar-refractivity contribution is 0.192. The van der Waals surface area contributed by atoms with Crippen LogP contribution < -0.4 is 0 Å². The Labute approximate surface area is 64.4 Å². The lowest BCUT2D eigenvalue weighted by Gasteiger charge is -2.28. The summed E-state index contributed by atoms with van der Waals surface area (Å²) in [5.74, 6) is 5.36. The Hall–Kier alpha value is -0.480. The van der Waals surface area contributed by atoms with Crippen LogP contribution in [-0.4, -0.2) is 24.5 Å². The number of nitrogens with zero attached hydrogens (tertiary/aromatic N) is 1. The second-order valence-electron chi connectivity index (χ2n) is 2.29. The number of rotatable bonds is 1. The molecule has 1 heteroatoms. The summed E-state index contributed by atoms with van der Waals surface area (Å²) in [6, 6.07) is 0. The molecule has 0 bridgehead atoms. The lowest BCUT2D eigenvalue weighted by Crippen LogP contribution is -2.36. The van der Waals surface area contributed by atoms with E-state index < -0.39 is 0 Å². The van der Waals surface area contributed by atoms with E-state index >= 15 is 0 Å². The maximum absolute atomic E-state index is 2.68. The Kier molecular flexibility index (Phi) is 6.32. The number of likely N-dealkylation sites (tertiary alicyclic amines) is 1. The maximum atomic E-state index is 2.68. The highest BCUT2D eigenvalue weighted by Crippen LogP contribution is 2.02. The van der Waals surface area contributed by atoms with E-state index in [0.717, 1.165) is 0 Å². The minimum Gasteiger partial charge on any atom is -0.304 e. The van der Waals surface area contributed by atoms with Crippen LogP contribution in [0.3, 0.4) is 0 Å². The monoisotopic (exact) mass is 139 g/mol. The van der Waals surface area contributed by atoms with Gasteiger partial charge in [-0.15, -0.1) is 11.8 Å². The van der Waals surface area contributed by atoms with Gasteiger partial charge < -0.3 is 4.90 Å². The predicted octanol–water partition coefficient (Wildman–Crippen LogP) is 1.74. The molecular weight excluding hydrogens is 122 g/mol. The summed E-state index contributed by atoms with van der Waals surface area (Å²) in [6.45, 7) is 9.78. The van der Waals surface area contributed by atoms with Crippen LogP contribution in [0.4, 0.5) is 0 Å². The molecule has 1 aliphatic heterocycles. The van der Waals surface area contributed by atoms with Crippen molar-refractivity contribution in [3.05, 3.63) is 0 Å². The van der Waals surface area contributed by atoms with E-state index in [1.807, 2.05) is 13.8 Å². The minimum atomic E-state index is 1.25. The molecule has 1 fully saturated rings. The first-order chi connectivity index (χ1) is 4.85. The summed E-state index contributed by atoms with van der Waals surface area (Å²) in [6.07, 6.45) is 1.42. The highest BCUT2D eigenvalue weighted by molar-refractivity contribution is 4.89. The Morgan fingerprint density at radius 3 is 1.70 bits per heavy atom. The van der Waals surface area contributed by atoms with Gasteiger partial charge in [0.25, 0.3) is 0 Å². The fourth-order valence-electron chi connectivity index (χ4n) is 0.698. The van der Waals surface area contributed by atoms with Gasteiger partial charge in [0, 0.05) is 0 Å². The van der Waals surface area contributed by atoms with Gasteiger partial charge in [0.2, 0.25) is 0 Å². The molecule has 58 valence electrons. The Morgan fingerprint density at radius 1 is 1.20 bits per heavy atom. The van der Waals surface area contributed by atoms with Crippen LogP contribution in [0.5, 0.6) is 0 Å². The van der Waals surface area contributed by atoms with Crippen molar-refractivity contribution in [1.29, 1.82) is 0 Å². The van der Waals surface area contributed by atoms with Crippen molar-refractivity contribution in [2.24, 2.45) is 0 Å². The van der Waals surface area contributed by atoms with E-state index in [2.05, 4.69) is 23.7 Å². The van der Waals surface area contributed by atoms with Crippen LogP contribution in [0.2, 0.25) is 0 Å². The van der Waals surface area contributed by atoms with Crippen molar-refractivity contribution in [1.82, 2.24) is 4.90 Å². The van der Waals surface area contributed by atoms with Gasteiger partial charge in [-0.3, -0.25) is 0 Å². The molecule has 0 amide bonds. The molecular formula is C9H17N. The molecule has 0 radical (unpaired) electrons. The molecule has 0 atom stereocenters. The average molecular weight is 139 g/mol. The van der Waals surface area contributed by atoms with E-state index in [1.54, 1.807) is 0 Å². The zero-order chi connectivity index (χ0) is 7.82. The highest BCUT2D eigenvalue weighted by Gasteiger charge is 2.08. The zero-order valence-corrected chi connectivity index (χ0v) is 7.28. The third-order valence-corrected chi connectivity index (χ3v) is 1.65. The average Bonchev–Trinajstić information content (AvgIpc) is 1.87. The first-order valence-electron chi connectivity index (χ1n) is 3.91. The van der Waals surface area contributed by atoms with Crippen LogP contribution in [0, 0.1) is 11.8 Å². The molecule has 1 heterocycles. The van der Waals surface area contributed by atoms with Crippen LogP contribution in [0.15, 0.2) is 0 Å². The summed E-state index contributed by atoms with van der Waals surface area (Å²) in [5.41, 5.74) is 0. The smallest absolute Gasteiger partial charge is 0.000665 e. The van der Waals surface area contributed by atoms with E-state index in [4.69, 9.17) is 0 Å². The van der Waals surface area contributed by atoms with Crippen molar-refractivity contribution >= 4 is 0 Å². The van der Waals surface area contributed by atoms with Crippen LogP contribution in [-0.2, 0) is 0 Å². The van der Waals surface area contributed by atoms with Crippen molar-refractivity contribution in [2.45, 2.75) is 27.2 Å². The molecule has 0 unspecified atom stereocenters. The first kappa shape index (κ1) is 9.52.